The molecular formula is C16H15N3O3. The van der Waals surface area contributed by atoms with Crippen LogP contribution in [0.15, 0.2) is 39.6 Å². The van der Waals surface area contributed by atoms with E-state index < -0.39 is 0 Å². The summed E-state index contributed by atoms with van der Waals surface area (Å²) < 4.78 is 12.3. The summed E-state index contributed by atoms with van der Waals surface area (Å²) in [6.07, 6.45) is 0.884. The molecule has 0 bridgehead atoms. The lowest BCUT2D eigenvalue weighted by atomic mass is 10.1. The highest BCUT2D eigenvalue weighted by molar-refractivity contribution is 5.82. The Morgan fingerprint density at radius 1 is 1.32 bits per heavy atom. The van der Waals surface area contributed by atoms with Gasteiger partial charge in [-0.3, -0.25) is 4.79 Å². The van der Waals surface area contributed by atoms with E-state index in [2.05, 4.69) is 10.1 Å². The van der Waals surface area contributed by atoms with Gasteiger partial charge in [0.05, 0.1) is 12.1 Å². The number of hydrogen-bond acceptors (Lipinski definition) is 5. The lowest BCUT2D eigenvalue weighted by Gasteiger charge is -2.06. The molecular weight excluding hydrogens is 282 g/mol. The molecule has 3 heterocycles. The van der Waals surface area contributed by atoms with Crippen LogP contribution in [0, 0.1) is 0 Å². The van der Waals surface area contributed by atoms with Crippen molar-refractivity contribution in [2.45, 2.75) is 12.3 Å². The van der Waals surface area contributed by atoms with Crippen molar-refractivity contribution in [1.82, 2.24) is 14.7 Å². The summed E-state index contributed by atoms with van der Waals surface area (Å²) in [4.78, 5) is 16.9. The van der Waals surface area contributed by atoms with Gasteiger partial charge in [-0.25, -0.2) is 0 Å². The zero-order valence-electron chi connectivity index (χ0n) is 12.2. The van der Waals surface area contributed by atoms with Gasteiger partial charge in [-0.1, -0.05) is 23.4 Å². The number of pyridine rings is 1. The van der Waals surface area contributed by atoms with Gasteiger partial charge in [0.2, 0.25) is 0 Å². The fourth-order valence-electron chi connectivity index (χ4n) is 2.82. The summed E-state index contributed by atoms with van der Waals surface area (Å²) in [7, 11) is 1.75. The second-order valence-electron chi connectivity index (χ2n) is 5.50. The van der Waals surface area contributed by atoms with E-state index >= 15 is 0 Å². The zero-order valence-corrected chi connectivity index (χ0v) is 12.2. The predicted octanol–water partition coefficient (Wildman–Crippen LogP) is 2.09. The van der Waals surface area contributed by atoms with Crippen molar-refractivity contribution in [3.63, 3.8) is 0 Å². The fraction of sp³-hybridized carbons (Fsp3) is 0.312. The first-order valence-corrected chi connectivity index (χ1v) is 7.24. The Balaban J connectivity index is 1.84. The Morgan fingerprint density at radius 3 is 3.00 bits per heavy atom. The van der Waals surface area contributed by atoms with Crippen molar-refractivity contribution in [1.29, 1.82) is 0 Å². The van der Waals surface area contributed by atoms with Crippen molar-refractivity contribution in [3.8, 4) is 11.5 Å². The minimum absolute atomic E-state index is 0.142. The van der Waals surface area contributed by atoms with Gasteiger partial charge >= 0.3 is 0 Å². The number of aryl methyl sites for hydroxylation is 1. The van der Waals surface area contributed by atoms with E-state index in [4.69, 9.17) is 9.26 Å². The molecule has 3 aromatic rings. The van der Waals surface area contributed by atoms with Crippen LogP contribution < -0.4 is 5.56 Å². The molecule has 1 fully saturated rings. The number of ether oxygens (including phenoxy) is 1. The minimum atomic E-state index is -0.142. The van der Waals surface area contributed by atoms with Crippen molar-refractivity contribution in [2.24, 2.45) is 7.05 Å². The molecule has 4 rings (SSSR count). The van der Waals surface area contributed by atoms with Crippen molar-refractivity contribution in [3.05, 3.63) is 46.5 Å². The lowest BCUT2D eigenvalue weighted by molar-refractivity contribution is 0.192. The van der Waals surface area contributed by atoms with Gasteiger partial charge in [0, 0.05) is 19.6 Å². The van der Waals surface area contributed by atoms with Crippen molar-refractivity contribution in [2.75, 3.05) is 13.2 Å². The first-order valence-electron chi connectivity index (χ1n) is 7.24. The Labute approximate surface area is 126 Å². The van der Waals surface area contributed by atoms with E-state index in [1.807, 2.05) is 24.3 Å². The predicted molar refractivity (Wildman–Crippen MR) is 80.7 cm³/mol. The fourth-order valence-corrected chi connectivity index (χ4v) is 2.82. The summed E-state index contributed by atoms with van der Waals surface area (Å²) in [5.74, 6) is 1.04. The molecule has 0 unspecified atom stereocenters. The zero-order chi connectivity index (χ0) is 15.1. The first-order chi connectivity index (χ1) is 10.7. The minimum Gasteiger partial charge on any atom is -0.381 e. The van der Waals surface area contributed by atoms with Crippen LogP contribution in [0.25, 0.3) is 22.4 Å². The van der Waals surface area contributed by atoms with Crippen LogP contribution in [0.2, 0.25) is 0 Å². The van der Waals surface area contributed by atoms with Crippen LogP contribution in [-0.4, -0.2) is 27.9 Å². The molecule has 1 atom stereocenters. The average molecular weight is 297 g/mol. The van der Waals surface area contributed by atoms with E-state index in [0.717, 1.165) is 17.3 Å². The SMILES string of the molecule is Cn1c(=O)c(-c2nc([C@H]3CCOC3)no2)cc2ccccc21. The normalized spacial score (nSPS) is 18.1. The van der Waals surface area contributed by atoms with E-state index in [1.54, 1.807) is 17.7 Å². The number of benzene rings is 1. The van der Waals surface area contributed by atoms with Gasteiger partial charge in [-0.05, 0) is 23.9 Å². The van der Waals surface area contributed by atoms with Gasteiger partial charge in [0.1, 0.15) is 5.56 Å². The van der Waals surface area contributed by atoms with Crippen molar-refractivity contribution < 1.29 is 9.26 Å². The van der Waals surface area contributed by atoms with Crippen LogP contribution in [0.1, 0.15) is 18.2 Å². The second kappa shape index (κ2) is 5.06. The van der Waals surface area contributed by atoms with Crippen LogP contribution in [0.4, 0.5) is 0 Å². The number of aromatic nitrogens is 3. The molecule has 6 heteroatoms. The first kappa shape index (κ1) is 13.2. The highest BCUT2D eigenvalue weighted by atomic mass is 16.5. The summed E-state index contributed by atoms with van der Waals surface area (Å²) in [6, 6.07) is 9.52. The summed E-state index contributed by atoms with van der Waals surface area (Å²) in [5.41, 5.74) is 1.16. The van der Waals surface area contributed by atoms with Crippen LogP contribution in [-0.2, 0) is 11.8 Å². The van der Waals surface area contributed by atoms with Gasteiger partial charge in [-0.2, -0.15) is 4.98 Å². The topological polar surface area (TPSA) is 70.2 Å². The molecule has 1 aliphatic rings. The molecule has 0 N–H and O–H groups in total. The van der Waals surface area contributed by atoms with Crippen LogP contribution in [0.3, 0.4) is 0 Å². The summed E-state index contributed by atoms with van der Waals surface area (Å²) in [5, 5.41) is 4.97. The molecule has 0 amide bonds. The molecule has 0 spiro atoms. The van der Waals surface area contributed by atoms with E-state index in [-0.39, 0.29) is 17.4 Å². The smallest absolute Gasteiger partial charge is 0.263 e. The van der Waals surface area contributed by atoms with Gasteiger partial charge in [0.25, 0.3) is 11.4 Å². The van der Waals surface area contributed by atoms with Crippen LogP contribution >= 0.6 is 0 Å². The molecule has 6 nitrogen and oxygen atoms in total. The Kier molecular flexibility index (Phi) is 3.04. The molecule has 112 valence electrons. The standard InChI is InChI=1S/C16H15N3O3/c1-19-13-5-3-2-4-10(13)8-12(16(19)20)15-17-14(18-22-15)11-6-7-21-9-11/h2-5,8,11H,6-7,9H2,1H3/t11-/m0/s1. The highest BCUT2D eigenvalue weighted by Gasteiger charge is 2.24. The maximum Gasteiger partial charge on any atom is 0.263 e. The molecule has 0 saturated carbocycles. The third-order valence-electron chi connectivity index (χ3n) is 4.10. The van der Waals surface area contributed by atoms with Crippen LogP contribution in [0.5, 0.6) is 0 Å². The van der Waals surface area contributed by atoms with E-state index in [1.165, 1.54) is 0 Å². The lowest BCUT2D eigenvalue weighted by Crippen LogP contribution is -2.19. The average Bonchev–Trinajstić information content (AvgIpc) is 3.21. The molecule has 22 heavy (non-hydrogen) atoms. The Hall–Kier alpha value is -2.47. The Morgan fingerprint density at radius 2 is 2.18 bits per heavy atom. The largest absolute Gasteiger partial charge is 0.381 e. The molecule has 1 saturated heterocycles. The highest BCUT2D eigenvalue weighted by Crippen LogP contribution is 2.25. The Bertz CT molecular complexity index is 891. The number of hydrogen-bond donors (Lipinski definition) is 0. The summed E-state index contributed by atoms with van der Waals surface area (Å²) in [6.45, 7) is 1.32. The van der Waals surface area contributed by atoms with Gasteiger partial charge in [0.15, 0.2) is 5.82 Å². The molecule has 0 radical (unpaired) electrons. The molecule has 1 aromatic carbocycles. The third-order valence-corrected chi connectivity index (χ3v) is 4.10. The number of para-hydroxylation sites is 1. The quantitative estimate of drug-likeness (QED) is 0.724. The molecule has 1 aliphatic heterocycles. The van der Waals surface area contributed by atoms with E-state index in [0.29, 0.717) is 24.6 Å². The van der Waals surface area contributed by atoms with E-state index in [9.17, 15) is 4.79 Å². The van der Waals surface area contributed by atoms with Crippen molar-refractivity contribution >= 4 is 10.9 Å². The maximum absolute atomic E-state index is 12.5. The third kappa shape index (κ3) is 2.03. The van der Waals surface area contributed by atoms with Gasteiger partial charge in [-0.15, -0.1) is 0 Å². The maximum atomic E-state index is 12.5. The van der Waals surface area contributed by atoms with Gasteiger partial charge < -0.3 is 13.8 Å². The summed E-state index contributed by atoms with van der Waals surface area (Å²) >= 11 is 0. The molecule has 2 aromatic heterocycles. The number of nitrogens with zero attached hydrogens (tertiary/aromatic N) is 3. The molecule has 0 aliphatic carbocycles. The number of rotatable bonds is 2. The number of fused-ring (bicyclic) bond motifs is 1. The second-order valence-corrected chi connectivity index (χ2v) is 5.50. The monoisotopic (exact) mass is 297 g/mol.